The van der Waals surface area contributed by atoms with E-state index in [4.69, 9.17) is 11.6 Å². The SMILES string of the molecule is O=C([C@@H]1C[C@H](NCCc2cc(C(F)(F)F)cc(C(F)(F)F)c2)CN1Cc1cccc(Cl)c1)N1CCN(c2cccc(C(F)(F)F)c2)CC1. The number of nitrogens with one attached hydrogen (secondary N) is 1. The number of alkyl halides is 9. The van der Waals surface area contributed by atoms with Crippen molar-refractivity contribution < 1.29 is 44.3 Å². The Morgan fingerprint density at radius 3 is 1.98 bits per heavy atom. The molecule has 5 rings (SSSR count). The highest BCUT2D eigenvalue weighted by atomic mass is 35.5. The van der Waals surface area contributed by atoms with Crippen molar-refractivity contribution in [2.75, 3.05) is 44.2 Å². The first-order valence-corrected chi connectivity index (χ1v) is 15.6. The molecular weight excluding hydrogens is 675 g/mol. The fraction of sp³-hybridized carbons (Fsp3) is 0.424. The molecule has 15 heteroatoms. The van der Waals surface area contributed by atoms with Crippen molar-refractivity contribution in [1.82, 2.24) is 15.1 Å². The van der Waals surface area contributed by atoms with Gasteiger partial charge in [-0.3, -0.25) is 9.69 Å². The summed E-state index contributed by atoms with van der Waals surface area (Å²) in [4.78, 5) is 19.3. The van der Waals surface area contributed by atoms with Crippen LogP contribution in [0.25, 0.3) is 0 Å². The van der Waals surface area contributed by atoms with E-state index in [-0.39, 0.29) is 49.6 Å². The zero-order valence-corrected chi connectivity index (χ0v) is 26.2. The minimum Gasteiger partial charge on any atom is -0.368 e. The van der Waals surface area contributed by atoms with E-state index in [1.54, 1.807) is 34.1 Å². The summed E-state index contributed by atoms with van der Waals surface area (Å²) in [5.74, 6) is -0.169. The molecule has 3 aromatic carbocycles. The van der Waals surface area contributed by atoms with Gasteiger partial charge in [0.25, 0.3) is 0 Å². The monoisotopic (exact) mass is 706 g/mol. The molecule has 0 aromatic heterocycles. The molecule has 0 saturated carbocycles. The van der Waals surface area contributed by atoms with Crippen molar-refractivity contribution in [2.45, 2.75) is 50.0 Å². The quantitative estimate of drug-likeness (QED) is 0.246. The zero-order valence-electron chi connectivity index (χ0n) is 25.4. The number of hydrogen-bond donors (Lipinski definition) is 1. The highest BCUT2D eigenvalue weighted by Crippen LogP contribution is 2.37. The van der Waals surface area contributed by atoms with Crippen LogP contribution in [0.2, 0.25) is 5.02 Å². The summed E-state index contributed by atoms with van der Waals surface area (Å²) in [7, 11) is 0. The van der Waals surface area contributed by atoms with Crippen LogP contribution < -0.4 is 10.2 Å². The minimum absolute atomic E-state index is 0.0743. The summed E-state index contributed by atoms with van der Waals surface area (Å²) >= 11 is 6.17. The van der Waals surface area contributed by atoms with E-state index >= 15 is 0 Å². The molecule has 1 N–H and O–H groups in total. The third-order valence-electron chi connectivity index (χ3n) is 8.59. The Labute approximate surface area is 276 Å². The number of anilines is 1. The zero-order chi connectivity index (χ0) is 34.9. The molecule has 1 amide bonds. The van der Waals surface area contributed by atoms with E-state index in [1.807, 2.05) is 11.0 Å². The average molecular weight is 707 g/mol. The Hall–Kier alpha value is -3.49. The van der Waals surface area contributed by atoms with Gasteiger partial charge in [-0.1, -0.05) is 29.8 Å². The van der Waals surface area contributed by atoms with Gasteiger partial charge >= 0.3 is 18.5 Å². The number of halogens is 10. The summed E-state index contributed by atoms with van der Waals surface area (Å²) in [6.07, 6.45) is -14.1. The number of benzene rings is 3. The number of carbonyl (C=O) groups is 1. The molecule has 3 aromatic rings. The molecule has 260 valence electrons. The number of nitrogens with zero attached hydrogens (tertiary/aromatic N) is 3. The van der Waals surface area contributed by atoms with Gasteiger partial charge in [0.05, 0.1) is 22.7 Å². The van der Waals surface area contributed by atoms with Crippen LogP contribution in [-0.2, 0) is 36.3 Å². The van der Waals surface area contributed by atoms with Crippen LogP contribution >= 0.6 is 11.6 Å². The molecule has 2 aliphatic rings. The van der Waals surface area contributed by atoms with Gasteiger partial charge < -0.3 is 15.1 Å². The van der Waals surface area contributed by atoms with Gasteiger partial charge in [0.1, 0.15) is 0 Å². The summed E-state index contributed by atoms with van der Waals surface area (Å²) in [6.45, 7) is 2.03. The van der Waals surface area contributed by atoms with Crippen LogP contribution in [0.3, 0.4) is 0 Å². The molecule has 0 bridgehead atoms. The van der Waals surface area contributed by atoms with E-state index < -0.39 is 41.3 Å². The van der Waals surface area contributed by atoms with E-state index in [0.29, 0.717) is 55.4 Å². The number of piperazine rings is 1. The number of amides is 1. The Bertz CT molecular complexity index is 1550. The number of carbonyl (C=O) groups excluding carboxylic acids is 1. The van der Waals surface area contributed by atoms with Crippen molar-refractivity contribution >= 4 is 23.2 Å². The summed E-state index contributed by atoms with van der Waals surface area (Å²) in [5.41, 5.74) is -2.37. The minimum atomic E-state index is -4.94. The first-order chi connectivity index (χ1) is 22.5. The van der Waals surface area contributed by atoms with Gasteiger partial charge in [0.15, 0.2) is 0 Å². The molecule has 2 saturated heterocycles. The molecule has 2 atom stereocenters. The van der Waals surface area contributed by atoms with Crippen molar-refractivity contribution in [3.8, 4) is 0 Å². The van der Waals surface area contributed by atoms with Gasteiger partial charge in [-0.05, 0) is 79.0 Å². The van der Waals surface area contributed by atoms with E-state index in [9.17, 15) is 44.3 Å². The van der Waals surface area contributed by atoms with Crippen molar-refractivity contribution in [3.63, 3.8) is 0 Å². The fourth-order valence-corrected chi connectivity index (χ4v) is 6.42. The van der Waals surface area contributed by atoms with Gasteiger partial charge in [-0.15, -0.1) is 0 Å². The second-order valence-corrected chi connectivity index (χ2v) is 12.4. The largest absolute Gasteiger partial charge is 0.416 e. The first-order valence-electron chi connectivity index (χ1n) is 15.2. The lowest BCUT2D eigenvalue weighted by molar-refractivity contribution is -0.143. The second-order valence-electron chi connectivity index (χ2n) is 12.0. The first kappa shape index (κ1) is 35.8. The number of rotatable bonds is 8. The van der Waals surface area contributed by atoms with Crippen molar-refractivity contribution in [1.29, 1.82) is 0 Å². The van der Waals surface area contributed by atoms with Gasteiger partial charge in [0.2, 0.25) is 5.91 Å². The number of hydrogen-bond acceptors (Lipinski definition) is 4. The fourth-order valence-electron chi connectivity index (χ4n) is 6.21. The maximum absolute atomic E-state index is 13.9. The maximum atomic E-state index is 13.9. The summed E-state index contributed by atoms with van der Waals surface area (Å²) in [6, 6.07) is 12.8. The highest BCUT2D eigenvalue weighted by Gasteiger charge is 2.40. The van der Waals surface area contributed by atoms with Gasteiger partial charge in [-0.2, -0.15) is 39.5 Å². The predicted octanol–water partition coefficient (Wildman–Crippen LogP) is 7.52. The normalized spacial score (nSPS) is 19.6. The van der Waals surface area contributed by atoms with E-state index in [0.717, 1.165) is 17.7 Å². The van der Waals surface area contributed by atoms with Gasteiger partial charge in [0, 0.05) is 56.0 Å². The van der Waals surface area contributed by atoms with Crippen molar-refractivity contribution in [2.24, 2.45) is 0 Å². The van der Waals surface area contributed by atoms with Crippen LogP contribution in [0.1, 0.15) is 34.2 Å². The molecule has 2 aliphatic heterocycles. The van der Waals surface area contributed by atoms with Crippen LogP contribution in [0, 0.1) is 0 Å². The lowest BCUT2D eigenvalue weighted by atomic mass is 10.0. The Morgan fingerprint density at radius 1 is 0.750 bits per heavy atom. The van der Waals surface area contributed by atoms with Crippen LogP contribution in [0.5, 0.6) is 0 Å². The molecule has 5 nitrogen and oxygen atoms in total. The molecule has 2 heterocycles. The number of likely N-dealkylation sites (tertiary alicyclic amines) is 1. The van der Waals surface area contributed by atoms with E-state index in [1.165, 1.54) is 6.07 Å². The Kier molecular flexibility index (Phi) is 10.6. The molecule has 0 radical (unpaired) electrons. The van der Waals surface area contributed by atoms with E-state index in [2.05, 4.69) is 5.32 Å². The molecule has 2 fully saturated rings. The average Bonchev–Trinajstić information content (AvgIpc) is 3.41. The third-order valence-corrected chi connectivity index (χ3v) is 8.82. The highest BCUT2D eigenvalue weighted by molar-refractivity contribution is 6.30. The van der Waals surface area contributed by atoms with Crippen LogP contribution in [-0.4, -0.2) is 67.1 Å². The van der Waals surface area contributed by atoms with Crippen LogP contribution in [0.15, 0.2) is 66.7 Å². The van der Waals surface area contributed by atoms with Crippen LogP contribution in [0.4, 0.5) is 45.2 Å². The maximum Gasteiger partial charge on any atom is 0.416 e. The lowest BCUT2D eigenvalue weighted by Gasteiger charge is -2.38. The molecule has 0 unspecified atom stereocenters. The summed E-state index contributed by atoms with van der Waals surface area (Å²) in [5, 5.41) is 3.71. The summed E-state index contributed by atoms with van der Waals surface area (Å²) < 4.78 is 120. The standard InChI is InChI=1S/C33H32ClF9N4O/c34-26-5-1-3-22(15-26)19-47-20-27(44-8-7-21-13-24(32(38,39)40)16-25(14-21)33(41,42)43)18-29(47)30(48)46-11-9-45(10-12-46)28-6-2-4-23(17-28)31(35,36)37/h1-6,13-17,27,29,44H,7-12,18-20H2/t27-,29-/m0/s1. The smallest absolute Gasteiger partial charge is 0.368 e. The predicted molar refractivity (Wildman–Crippen MR) is 162 cm³/mol. The molecule has 48 heavy (non-hydrogen) atoms. The van der Waals surface area contributed by atoms with Gasteiger partial charge in [-0.25, -0.2) is 0 Å². The molecular formula is C33H32ClF9N4O. The lowest BCUT2D eigenvalue weighted by Crippen LogP contribution is -2.53. The Morgan fingerprint density at radius 2 is 1.38 bits per heavy atom. The topological polar surface area (TPSA) is 38.8 Å². The molecule has 0 aliphatic carbocycles. The molecule has 0 spiro atoms. The third kappa shape index (κ3) is 8.94. The Balaban J connectivity index is 1.25. The van der Waals surface area contributed by atoms with Crippen molar-refractivity contribution in [3.05, 3.63) is 99.6 Å². The second kappa shape index (κ2) is 14.2.